The number of anilines is 1. The lowest BCUT2D eigenvalue weighted by atomic mass is 9.97. The number of carbonyl (C=O) groups excluding carboxylic acids is 1. The summed E-state index contributed by atoms with van der Waals surface area (Å²) in [5.74, 6) is 0.209. The van der Waals surface area contributed by atoms with Crippen molar-refractivity contribution in [3.63, 3.8) is 0 Å². The molecule has 0 bridgehead atoms. The lowest BCUT2D eigenvalue weighted by Gasteiger charge is -2.20. The molecule has 0 spiro atoms. The summed E-state index contributed by atoms with van der Waals surface area (Å²) in [6.07, 6.45) is 3.80. The van der Waals surface area contributed by atoms with Crippen LogP contribution in [0.15, 0.2) is 0 Å². The summed E-state index contributed by atoms with van der Waals surface area (Å²) in [5.41, 5.74) is 0. The average Bonchev–Trinajstić information content (AvgIpc) is 2.78. The maximum Gasteiger partial charge on any atom is 0.229 e. The van der Waals surface area contributed by atoms with Crippen LogP contribution in [0.25, 0.3) is 0 Å². The maximum absolute atomic E-state index is 11.9. The zero-order chi connectivity index (χ0) is 12.1. The molecule has 1 aromatic heterocycles. The Morgan fingerprint density at radius 2 is 2.17 bits per heavy atom. The van der Waals surface area contributed by atoms with Gasteiger partial charge in [0.15, 0.2) is 0 Å². The monoisotopic (exact) mass is 290 g/mol. The van der Waals surface area contributed by atoms with Crippen LogP contribution in [0.1, 0.15) is 31.2 Å². The molecule has 0 aliphatic carbocycles. The van der Waals surface area contributed by atoms with Gasteiger partial charge in [-0.05, 0) is 32.4 Å². The van der Waals surface area contributed by atoms with Gasteiger partial charge in [-0.1, -0.05) is 18.3 Å². The molecule has 1 amide bonds. The van der Waals surface area contributed by atoms with Gasteiger partial charge in [-0.2, -0.15) is 0 Å². The summed E-state index contributed by atoms with van der Waals surface area (Å²) in [6, 6.07) is 0. The van der Waals surface area contributed by atoms with Gasteiger partial charge in [-0.15, -0.1) is 22.6 Å². The highest BCUT2D eigenvalue weighted by Crippen LogP contribution is 2.19. The number of piperidine rings is 1. The fraction of sp³-hybridized carbons (Fsp3) is 0.727. The number of amides is 1. The van der Waals surface area contributed by atoms with E-state index in [0.717, 1.165) is 43.8 Å². The summed E-state index contributed by atoms with van der Waals surface area (Å²) >= 11 is 1.48. The first-order valence-corrected chi connectivity index (χ1v) is 6.95. The number of aromatic nitrogens is 2. The first-order chi connectivity index (χ1) is 8.29. The highest BCUT2D eigenvalue weighted by Gasteiger charge is 2.21. The van der Waals surface area contributed by atoms with Crippen molar-refractivity contribution < 1.29 is 4.79 Å². The van der Waals surface area contributed by atoms with Gasteiger partial charge in [0.05, 0.1) is 0 Å². The van der Waals surface area contributed by atoms with Crippen molar-refractivity contribution in [2.45, 2.75) is 32.6 Å². The van der Waals surface area contributed by atoms with E-state index < -0.39 is 0 Å². The van der Waals surface area contributed by atoms with E-state index in [4.69, 9.17) is 0 Å². The summed E-state index contributed by atoms with van der Waals surface area (Å²) in [7, 11) is 0. The number of hydrogen-bond donors (Lipinski definition) is 2. The van der Waals surface area contributed by atoms with Gasteiger partial charge in [0.25, 0.3) is 0 Å². The van der Waals surface area contributed by atoms with Crippen LogP contribution in [0.5, 0.6) is 0 Å². The molecule has 102 valence electrons. The molecule has 2 rings (SSSR count). The molecule has 18 heavy (non-hydrogen) atoms. The number of nitrogens with one attached hydrogen (secondary N) is 2. The second-order valence-corrected chi connectivity index (χ2v) is 5.33. The zero-order valence-corrected chi connectivity index (χ0v) is 12.1. The van der Waals surface area contributed by atoms with Crippen LogP contribution < -0.4 is 10.6 Å². The predicted octanol–water partition coefficient (Wildman–Crippen LogP) is 1.85. The van der Waals surface area contributed by atoms with Crippen molar-refractivity contribution in [2.24, 2.45) is 5.92 Å². The van der Waals surface area contributed by atoms with E-state index in [1.165, 1.54) is 11.3 Å². The van der Waals surface area contributed by atoms with Crippen molar-refractivity contribution in [3.8, 4) is 0 Å². The quantitative estimate of drug-likeness (QED) is 0.888. The minimum absolute atomic E-state index is 0. The van der Waals surface area contributed by atoms with Gasteiger partial charge in [-0.3, -0.25) is 4.79 Å². The molecule has 1 aromatic rings. The van der Waals surface area contributed by atoms with E-state index in [0.29, 0.717) is 5.13 Å². The molecular formula is C11H19ClN4OS. The fourth-order valence-electron chi connectivity index (χ4n) is 1.91. The SMILES string of the molecule is CCCc1nnc(NC(=O)C2CCNCC2)s1.Cl. The van der Waals surface area contributed by atoms with E-state index in [1.54, 1.807) is 0 Å². The Labute approximate surface area is 117 Å². The van der Waals surface area contributed by atoms with Crippen molar-refractivity contribution >= 4 is 34.8 Å². The van der Waals surface area contributed by atoms with Crippen LogP contribution in [-0.4, -0.2) is 29.2 Å². The Hall–Kier alpha value is -0.720. The first-order valence-electron chi connectivity index (χ1n) is 6.13. The second kappa shape index (κ2) is 7.66. The smallest absolute Gasteiger partial charge is 0.229 e. The molecular weight excluding hydrogens is 272 g/mol. The van der Waals surface area contributed by atoms with Gasteiger partial charge >= 0.3 is 0 Å². The Kier molecular flexibility index (Phi) is 6.52. The van der Waals surface area contributed by atoms with Crippen LogP contribution in [0.2, 0.25) is 0 Å². The van der Waals surface area contributed by atoms with E-state index >= 15 is 0 Å². The second-order valence-electron chi connectivity index (χ2n) is 4.26. The molecule has 0 atom stereocenters. The van der Waals surface area contributed by atoms with Gasteiger partial charge in [-0.25, -0.2) is 0 Å². The van der Waals surface area contributed by atoms with Crippen LogP contribution in [0, 0.1) is 5.92 Å². The minimum Gasteiger partial charge on any atom is -0.317 e. The highest BCUT2D eigenvalue weighted by molar-refractivity contribution is 7.15. The number of hydrogen-bond acceptors (Lipinski definition) is 5. The molecule has 0 radical (unpaired) electrons. The topological polar surface area (TPSA) is 66.9 Å². The number of aryl methyl sites for hydroxylation is 1. The van der Waals surface area contributed by atoms with Crippen molar-refractivity contribution in [2.75, 3.05) is 18.4 Å². The largest absolute Gasteiger partial charge is 0.317 e. The average molecular weight is 291 g/mol. The molecule has 2 N–H and O–H groups in total. The van der Waals surface area contributed by atoms with Crippen molar-refractivity contribution in [3.05, 3.63) is 5.01 Å². The molecule has 0 saturated carbocycles. The van der Waals surface area contributed by atoms with Crippen LogP contribution in [0.4, 0.5) is 5.13 Å². The highest BCUT2D eigenvalue weighted by atomic mass is 35.5. The molecule has 1 aliphatic rings. The first kappa shape index (κ1) is 15.3. The summed E-state index contributed by atoms with van der Waals surface area (Å²) in [5, 5.41) is 15.8. The number of rotatable bonds is 4. The van der Waals surface area contributed by atoms with Crippen molar-refractivity contribution in [1.29, 1.82) is 0 Å². The number of carbonyl (C=O) groups is 1. The molecule has 1 aliphatic heterocycles. The van der Waals surface area contributed by atoms with Gasteiger partial charge in [0, 0.05) is 12.3 Å². The third kappa shape index (κ3) is 4.19. The Balaban J connectivity index is 0.00000162. The summed E-state index contributed by atoms with van der Waals surface area (Å²) in [4.78, 5) is 11.9. The number of nitrogens with zero attached hydrogens (tertiary/aromatic N) is 2. The molecule has 1 saturated heterocycles. The third-order valence-corrected chi connectivity index (χ3v) is 3.77. The molecule has 7 heteroatoms. The third-order valence-electron chi connectivity index (χ3n) is 2.87. The Morgan fingerprint density at radius 3 is 2.83 bits per heavy atom. The number of halogens is 1. The van der Waals surface area contributed by atoms with Crippen LogP contribution >= 0.6 is 23.7 Å². The molecule has 0 unspecified atom stereocenters. The lowest BCUT2D eigenvalue weighted by molar-refractivity contribution is -0.120. The van der Waals surface area contributed by atoms with Crippen LogP contribution in [-0.2, 0) is 11.2 Å². The van der Waals surface area contributed by atoms with Crippen LogP contribution in [0.3, 0.4) is 0 Å². The standard InChI is InChI=1S/C11H18N4OS.ClH/c1-2-3-9-14-15-11(17-9)13-10(16)8-4-6-12-7-5-8;/h8,12H,2-7H2,1H3,(H,13,15,16);1H. The summed E-state index contributed by atoms with van der Waals surface area (Å²) < 4.78 is 0. The minimum atomic E-state index is 0. The molecule has 5 nitrogen and oxygen atoms in total. The lowest BCUT2D eigenvalue weighted by Crippen LogP contribution is -2.34. The molecule has 0 aromatic carbocycles. The van der Waals surface area contributed by atoms with Gasteiger partial charge in [0.2, 0.25) is 11.0 Å². The molecule has 2 heterocycles. The van der Waals surface area contributed by atoms with E-state index in [1.807, 2.05) is 0 Å². The van der Waals surface area contributed by atoms with E-state index in [2.05, 4.69) is 27.8 Å². The zero-order valence-electron chi connectivity index (χ0n) is 10.4. The summed E-state index contributed by atoms with van der Waals surface area (Å²) in [6.45, 7) is 3.96. The van der Waals surface area contributed by atoms with E-state index in [-0.39, 0.29) is 24.2 Å². The Bertz CT molecular complexity index is 379. The predicted molar refractivity (Wildman–Crippen MR) is 75.4 cm³/mol. The van der Waals surface area contributed by atoms with Gasteiger partial charge in [0.1, 0.15) is 5.01 Å². The normalized spacial score (nSPS) is 16.1. The fourth-order valence-corrected chi connectivity index (χ4v) is 2.75. The van der Waals surface area contributed by atoms with Gasteiger partial charge < -0.3 is 10.6 Å². The van der Waals surface area contributed by atoms with E-state index in [9.17, 15) is 4.79 Å². The molecule has 1 fully saturated rings. The Morgan fingerprint density at radius 1 is 1.44 bits per heavy atom. The maximum atomic E-state index is 11.9. The van der Waals surface area contributed by atoms with Crippen molar-refractivity contribution in [1.82, 2.24) is 15.5 Å².